The van der Waals surface area contributed by atoms with Crippen molar-refractivity contribution in [2.45, 2.75) is 16.5 Å². The fraction of sp³-hybridized carbons (Fsp3) is 0.167. The van der Waals surface area contributed by atoms with Crippen LogP contribution in [-0.4, -0.2) is 22.8 Å². The molecule has 1 unspecified atom stereocenters. The van der Waals surface area contributed by atoms with Crippen LogP contribution in [-0.2, 0) is 9.53 Å². The lowest BCUT2D eigenvalue weighted by atomic mass is 10.1. The number of carbonyl (C=O) groups is 1. The second-order valence-electron chi connectivity index (χ2n) is 5.02. The molecule has 1 atom stereocenters. The van der Waals surface area contributed by atoms with Crippen LogP contribution in [0.25, 0.3) is 0 Å². The maximum absolute atomic E-state index is 12.3. The summed E-state index contributed by atoms with van der Waals surface area (Å²) in [6, 6.07) is 19.3. The number of aromatic nitrogens is 2. The molecule has 0 amide bonds. The van der Waals surface area contributed by atoms with Crippen molar-refractivity contribution in [3.05, 3.63) is 66.2 Å². The average Bonchev–Trinajstić information content (AvgIpc) is 3.08. The minimum Gasteiger partial charge on any atom is -0.465 e. The number of rotatable bonds is 7. The van der Waals surface area contributed by atoms with Crippen molar-refractivity contribution in [1.29, 1.82) is 0 Å². The summed E-state index contributed by atoms with van der Waals surface area (Å²) in [6.07, 6.45) is 0. The highest BCUT2D eigenvalue weighted by Crippen LogP contribution is 2.39. The number of hydrogen-bond acceptors (Lipinski definition) is 7. The molecular formula is C18H17N3O2S2. The third-order valence-corrected chi connectivity index (χ3v) is 5.41. The minimum absolute atomic E-state index is 0.272. The molecule has 1 N–H and O–H groups in total. The molecule has 0 saturated carbocycles. The van der Waals surface area contributed by atoms with Gasteiger partial charge in [-0.25, -0.2) is 0 Å². The van der Waals surface area contributed by atoms with Gasteiger partial charge in [-0.3, -0.25) is 4.79 Å². The van der Waals surface area contributed by atoms with Gasteiger partial charge in [0.25, 0.3) is 0 Å². The Bertz CT molecular complexity index is 809. The van der Waals surface area contributed by atoms with Crippen molar-refractivity contribution < 1.29 is 9.53 Å². The third-order valence-electron chi connectivity index (χ3n) is 3.25. The van der Waals surface area contributed by atoms with E-state index in [-0.39, 0.29) is 5.97 Å². The first-order chi connectivity index (χ1) is 12.3. The molecule has 0 aliphatic carbocycles. The van der Waals surface area contributed by atoms with Crippen molar-refractivity contribution >= 4 is 39.9 Å². The van der Waals surface area contributed by atoms with Crippen molar-refractivity contribution in [3.8, 4) is 0 Å². The average molecular weight is 371 g/mol. The van der Waals surface area contributed by atoms with Crippen molar-refractivity contribution in [2.24, 2.45) is 0 Å². The Balaban J connectivity index is 1.75. The Morgan fingerprint density at radius 1 is 1.12 bits per heavy atom. The Labute approximate surface area is 154 Å². The zero-order valence-electron chi connectivity index (χ0n) is 13.6. The fourth-order valence-corrected chi connectivity index (χ4v) is 4.11. The molecule has 0 aliphatic heterocycles. The zero-order chi connectivity index (χ0) is 17.5. The SMILES string of the molecule is CCOC(=O)C(Sc1nnc(Nc2ccccc2)s1)c1ccccc1. The van der Waals surface area contributed by atoms with Gasteiger partial charge in [-0.05, 0) is 24.6 Å². The molecule has 128 valence electrons. The summed E-state index contributed by atoms with van der Waals surface area (Å²) in [5, 5.41) is 11.8. The number of hydrogen-bond donors (Lipinski definition) is 1. The van der Waals surface area contributed by atoms with E-state index in [0.29, 0.717) is 16.1 Å². The number of nitrogens with zero attached hydrogens (tertiary/aromatic N) is 2. The summed E-state index contributed by atoms with van der Waals surface area (Å²) >= 11 is 2.76. The standard InChI is InChI=1S/C18H17N3O2S2/c1-2-23-16(22)15(13-9-5-3-6-10-13)24-18-21-20-17(25-18)19-14-11-7-4-8-12-14/h3-12,15H,2H2,1H3,(H,19,20). The molecular weight excluding hydrogens is 354 g/mol. The molecule has 2 aromatic carbocycles. The molecule has 5 nitrogen and oxygen atoms in total. The van der Waals surface area contributed by atoms with Gasteiger partial charge in [0.2, 0.25) is 5.13 Å². The summed E-state index contributed by atoms with van der Waals surface area (Å²) < 4.78 is 5.92. The Morgan fingerprint density at radius 3 is 2.48 bits per heavy atom. The van der Waals surface area contributed by atoms with Crippen LogP contribution in [0.5, 0.6) is 0 Å². The van der Waals surface area contributed by atoms with E-state index in [2.05, 4.69) is 15.5 Å². The quantitative estimate of drug-likeness (QED) is 0.481. The predicted octanol–water partition coefficient (Wildman–Crippen LogP) is 4.68. The Morgan fingerprint density at radius 2 is 1.80 bits per heavy atom. The van der Waals surface area contributed by atoms with E-state index in [0.717, 1.165) is 11.3 Å². The van der Waals surface area contributed by atoms with Gasteiger partial charge in [0.1, 0.15) is 5.25 Å². The summed E-state index contributed by atoms with van der Waals surface area (Å²) in [5.74, 6) is -0.272. The highest BCUT2D eigenvalue weighted by atomic mass is 32.2. The first-order valence-electron chi connectivity index (χ1n) is 7.80. The molecule has 7 heteroatoms. The lowest BCUT2D eigenvalue weighted by molar-refractivity contribution is -0.142. The lowest BCUT2D eigenvalue weighted by Gasteiger charge is -2.13. The lowest BCUT2D eigenvalue weighted by Crippen LogP contribution is -2.13. The van der Waals surface area contributed by atoms with E-state index in [9.17, 15) is 4.79 Å². The smallest absolute Gasteiger partial charge is 0.324 e. The highest BCUT2D eigenvalue weighted by molar-refractivity contribution is 8.01. The first-order valence-corrected chi connectivity index (χ1v) is 9.49. The molecule has 1 aromatic heterocycles. The number of esters is 1. The molecule has 3 rings (SSSR count). The highest BCUT2D eigenvalue weighted by Gasteiger charge is 2.25. The number of nitrogens with one attached hydrogen (secondary N) is 1. The van der Waals surface area contributed by atoms with Gasteiger partial charge in [0.05, 0.1) is 6.61 Å². The van der Waals surface area contributed by atoms with Crippen LogP contribution < -0.4 is 5.32 Å². The monoisotopic (exact) mass is 371 g/mol. The molecule has 0 aliphatic rings. The van der Waals surface area contributed by atoms with Crippen molar-refractivity contribution in [3.63, 3.8) is 0 Å². The van der Waals surface area contributed by atoms with Crippen LogP contribution in [0.15, 0.2) is 65.0 Å². The van der Waals surface area contributed by atoms with Gasteiger partial charge in [-0.1, -0.05) is 71.6 Å². The molecule has 0 fully saturated rings. The van der Waals surface area contributed by atoms with Gasteiger partial charge >= 0.3 is 5.97 Å². The van der Waals surface area contributed by atoms with Crippen LogP contribution in [0.4, 0.5) is 10.8 Å². The van der Waals surface area contributed by atoms with Crippen molar-refractivity contribution in [2.75, 3.05) is 11.9 Å². The predicted molar refractivity (Wildman–Crippen MR) is 101 cm³/mol. The van der Waals surface area contributed by atoms with Crippen LogP contribution >= 0.6 is 23.1 Å². The number of anilines is 2. The molecule has 0 spiro atoms. The van der Waals surface area contributed by atoms with Gasteiger partial charge in [0.15, 0.2) is 4.34 Å². The second kappa shape index (κ2) is 8.64. The number of ether oxygens (including phenoxy) is 1. The maximum atomic E-state index is 12.3. The fourth-order valence-electron chi connectivity index (χ4n) is 2.15. The summed E-state index contributed by atoms with van der Waals surface area (Å²) in [4.78, 5) is 12.3. The number of thioether (sulfide) groups is 1. The maximum Gasteiger partial charge on any atom is 0.324 e. The van der Waals surface area contributed by atoms with E-state index in [4.69, 9.17) is 4.74 Å². The first kappa shape index (κ1) is 17.4. The molecule has 0 saturated heterocycles. The number of carbonyl (C=O) groups excluding carboxylic acids is 1. The van der Waals surface area contributed by atoms with E-state index >= 15 is 0 Å². The zero-order valence-corrected chi connectivity index (χ0v) is 15.2. The largest absolute Gasteiger partial charge is 0.465 e. The van der Waals surface area contributed by atoms with E-state index in [1.54, 1.807) is 6.92 Å². The normalized spacial score (nSPS) is 11.7. The number of benzene rings is 2. The number of para-hydroxylation sites is 1. The van der Waals surface area contributed by atoms with E-state index in [1.165, 1.54) is 23.1 Å². The van der Waals surface area contributed by atoms with E-state index in [1.807, 2.05) is 60.7 Å². The van der Waals surface area contributed by atoms with Crippen LogP contribution in [0, 0.1) is 0 Å². The molecule has 0 radical (unpaired) electrons. The van der Waals surface area contributed by atoms with Crippen LogP contribution in [0.3, 0.4) is 0 Å². The minimum atomic E-state index is -0.460. The molecule has 25 heavy (non-hydrogen) atoms. The summed E-state index contributed by atoms with van der Waals surface area (Å²) in [5.41, 5.74) is 1.83. The van der Waals surface area contributed by atoms with E-state index < -0.39 is 5.25 Å². The molecule has 3 aromatic rings. The van der Waals surface area contributed by atoms with Crippen molar-refractivity contribution in [1.82, 2.24) is 10.2 Å². The summed E-state index contributed by atoms with van der Waals surface area (Å²) in [7, 11) is 0. The van der Waals surface area contributed by atoms with Crippen LogP contribution in [0.1, 0.15) is 17.7 Å². The second-order valence-corrected chi connectivity index (χ2v) is 7.35. The van der Waals surface area contributed by atoms with Gasteiger partial charge < -0.3 is 10.1 Å². The third kappa shape index (κ3) is 4.80. The van der Waals surface area contributed by atoms with Crippen LogP contribution in [0.2, 0.25) is 0 Å². The Kier molecular flexibility index (Phi) is 6.03. The van der Waals surface area contributed by atoms with Gasteiger partial charge in [-0.15, -0.1) is 10.2 Å². The molecule has 0 bridgehead atoms. The van der Waals surface area contributed by atoms with Gasteiger partial charge in [-0.2, -0.15) is 0 Å². The topological polar surface area (TPSA) is 64.1 Å². The van der Waals surface area contributed by atoms with Gasteiger partial charge in [0, 0.05) is 5.69 Å². The summed E-state index contributed by atoms with van der Waals surface area (Å²) in [6.45, 7) is 2.15. The molecule has 1 heterocycles. The Hall–Kier alpha value is -2.38.